The minimum absolute atomic E-state index is 0.0911. The van der Waals surface area contributed by atoms with E-state index < -0.39 is 23.0 Å². The summed E-state index contributed by atoms with van der Waals surface area (Å²) in [4.78, 5) is 17.2. The number of β-amino-alcohol motifs (C(OH)–C–C–N with tert-alkyl or cyclic N) is 1. The first-order valence-corrected chi connectivity index (χ1v) is 11.1. The molecule has 1 aromatic heterocycles. The van der Waals surface area contributed by atoms with Crippen LogP contribution in [0, 0.1) is 11.7 Å². The molecule has 1 aromatic carbocycles. The molecular weight excluding hydrogens is 395 g/mol. The standard InChI is InChI=1S/C24H31FN4O2/c1-2-23(31)14-20(28-15-23)22(30)29-19-13-17(8-9-18(19)25)24(26,11-10-16-6-7-16)21-5-3-4-12-27-21/h3-5,8-9,12-13,16,20,28,31H,2,6-7,10-11,14-15,26H2,1H3,(H,29,30). The van der Waals surface area contributed by atoms with Crippen LogP contribution in [0.2, 0.25) is 0 Å². The molecule has 0 radical (unpaired) electrons. The molecule has 1 aliphatic heterocycles. The third-order valence-electron chi connectivity index (χ3n) is 6.74. The minimum atomic E-state index is -0.906. The highest BCUT2D eigenvalue weighted by atomic mass is 19.1. The molecular formula is C24H31FN4O2. The lowest BCUT2D eigenvalue weighted by Gasteiger charge is -2.30. The van der Waals surface area contributed by atoms with Gasteiger partial charge in [0.15, 0.2) is 0 Å². The highest BCUT2D eigenvalue weighted by Gasteiger charge is 2.39. The molecule has 6 nitrogen and oxygen atoms in total. The van der Waals surface area contributed by atoms with Gasteiger partial charge in [-0.2, -0.15) is 0 Å². The molecule has 1 saturated carbocycles. The zero-order valence-corrected chi connectivity index (χ0v) is 17.9. The number of hydrogen-bond acceptors (Lipinski definition) is 5. The Morgan fingerprint density at radius 3 is 2.84 bits per heavy atom. The van der Waals surface area contributed by atoms with Crippen LogP contribution in [0.1, 0.15) is 56.7 Å². The van der Waals surface area contributed by atoms with E-state index >= 15 is 0 Å². The normalized spacial score (nSPS) is 25.2. The van der Waals surface area contributed by atoms with Crippen LogP contribution >= 0.6 is 0 Å². The number of benzene rings is 1. The van der Waals surface area contributed by atoms with Gasteiger partial charge in [0, 0.05) is 19.2 Å². The highest BCUT2D eigenvalue weighted by Crippen LogP contribution is 2.40. The number of amides is 1. The van der Waals surface area contributed by atoms with Gasteiger partial charge in [0.2, 0.25) is 5.91 Å². The first-order chi connectivity index (χ1) is 14.8. The van der Waals surface area contributed by atoms with Crippen molar-refractivity contribution in [2.75, 3.05) is 11.9 Å². The number of pyridine rings is 1. The fourth-order valence-electron chi connectivity index (χ4n) is 4.30. The average Bonchev–Trinajstić information content (AvgIpc) is 3.53. The van der Waals surface area contributed by atoms with Crippen molar-refractivity contribution in [3.05, 3.63) is 59.7 Å². The fourth-order valence-corrected chi connectivity index (χ4v) is 4.30. The molecule has 2 fully saturated rings. The van der Waals surface area contributed by atoms with E-state index in [2.05, 4.69) is 15.6 Å². The lowest BCUT2D eigenvalue weighted by Crippen LogP contribution is -2.39. The predicted octanol–water partition coefficient (Wildman–Crippen LogP) is 3.05. The van der Waals surface area contributed by atoms with Crippen molar-refractivity contribution < 1.29 is 14.3 Å². The Labute approximate surface area is 182 Å². The maximum Gasteiger partial charge on any atom is 0.241 e. The molecule has 3 unspecified atom stereocenters. The van der Waals surface area contributed by atoms with Crippen LogP contribution in [-0.4, -0.2) is 34.2 Å². The van der Waals surface area contributed by atoms with Gasteiger partial charge in [0.25, 0.3) is 0 Å². The highest BCUT2D eigenvalue weighted by molar-refractivity contribution is 5.95. The third-order valence-corrected chi connectivity index (χ3v) is 6.74. The molecule has 0 bridgehead atoms. The van der Waals surface area contributed by atoms with E-state index in [1.54, 1.807) is 18.3 Å². The molecule has 4 rings (SSSR count). The lowest BCUT2D eigenvalue weighted by molar-refractivity contribution is -0.118. The molecule has 7 heteroatoms. The Morgan fingerprint density at radius 1 is 1.39 bits per heavy atom. The minimum Gasteiger partial charge on any atom is -0.388 e. The number of carbonyl (C=O) groups is 1. The largest absolute Gasteiger partial charge is 0.388 e. The Kier molecular flexibility index (Phi) is 6.10. The van der Waals surface area contributed by atoms with Crippen LogP contribution in [0.4, 0.5) is 10.1 Å². The number of rotatable bonds is 8. The maximum atomic E-state index is 14.6. The lowest BCUT2D eigenvalue weighted by atomic mass is 9.82. The van der Waals surface area contributed by atoms with Crippen molar-refractivity contribution in [2.24, 2.45) is 11.7 Å². The number of aliphatic hydroxyl groups is 1. The van der Waals surface area contributed by atoms with E-state index in [1.165, 1.54) is 18.9 Å². The zero-order chi connectivity index (χ0) is 22.1. The summed E-state index contributed by atoms with van der Waals surface area (Å²) in [7, 11) is 0. The van der Waals surface area contributed by atoms with Crippen LogP contribution in [0.25, 0.3) is 0 Å². The summed E-state index contributed by atoms with van der Waals surface area (Å²) in [6.45, 7) is 2.22. The number of aromatic nitrogens is 1. The number of nitrogens with zero attached hydrogens (tertiary/aromatic N) is 1. The average molecular weight is 427 g/mol. The first-order valence-electron chi connectivity index (χ1n) is 11.1. The molecule has 2 heterocycles. The van der Waals surface area contributed by atoms with Crippen molar-refractivity contribution in [3.8, 4) is 0 Å². The van der Waals surface area contributed by atoms with Crippen molar-refractivity contribution in [2.45, 2.75) is 62.6 Å². The van der Waals surface area contributed by atoms with Crippen molar-refractivity contribution >= 4 is 11.6 Å². The predicted molar refractivity (Wildman–Crippen MR) is 118 cm³/mol. The quantitative estimate of drug-likeness (QED) is 0.520. The van der Waals surface area contributed by atoms with Crippen molar-refractivity contribution in [1.82, 2.24) is 10.3 Å². The van der Waals surface area contributed by atoms with Gasteiger partial charge in [0.1, 0.15) is 5.82 Å². The number of halogens is 1. The second-order valence-corrected chi connectivity index (χ2v) is 9.07. The summed E-state index contributed by atoms with van der Waals surface area (Å²) in [6.07, 6.45) is 6.68. The van der Waals surface area contributed by atoms with E-state index in [-0.39, 0.29) is 11.6 Å². The molecule has 1 amide bonds. The summed E-state index contributed by atoms with van der Waals surface area (Å²) < 4.78 is 14.6. The number of hydrogen-bond donors (Lipinski definition) is 4. The van der Waals surface area contributed by atoms with Crippen molar-refractivity contribution in [1.29, 1.82) is 0 Å². The molecule has 1 saturated heterocycles. The smallest absolute Gasteiger partial charge is 0.241 e. The molecule has 3 atom stereocenters. The van der Waals surface area contributed by atoms with Crippen LogP contribution in [0.15, 0.2) is 42.6 Å². The molecule has 2 aliphatic rings. The number of nitrogens with one attached hydrogen (secondary N) is 2. The van der Waals surface area contributed by atoms with Crippen LogP contribution < -0.4 is 16.4 Å². The van der Waals surface area contributed by atoms with Crippen LogP contribution in [-0.2, 0) is 10.3 Å². The first kappa shape index (κ1) is 21.9. The number of anilines is 1. The SMILES string of the molecule is CCC1(O)CNC(C(=O)Nc2cc(C(N)(CCC3CC3)c3ccccn3)ccc2F)C1. The van der Waals surface area contributed by atoms with Gasteiger partial charge in [-0.25, -0.2) is 4.39 Å². The van der Waals surface area contributed by atoms with E-state index in [9.17, 15) is 14.3 Å². The Hall–Kier alpha value is -2.35. The Morgan fingerprint density at radius 2 is 2.19 bits per heavy atom. The maximum absolute atomic E-state index is 14.6. The summed E-state index contributed by atoms with van der Waals surface area (Å²) >= 11 is 0. The Balaban J connectivity index is 1.58. The summed E-state index contributed by atoms with van der Waals surface area (Å²) in [5.74, 6) is -0.192. The van der Waals surface area contributed by atoms with Gasteiger partial charge < -0.3 is 21.5 Å². The van der Waals surface area contributed by atoms with Gasteiger partial charge in [-0.1, -0.05) is 31.9 Å². The number of carbonyl (C=O) groups excluding carboxylic acids is 1. The molecule has 166 valence electrons. The van der Waals surface area contributed by atoms with Crippen LogP contribution in [0.3, 0.4) is 0 Å². The fraction of sp³-hybridized carbons (Fsp3) is 0.500. The van der Waals surface area contributed by atoms with Crippen LogP contribution in [0.5, 0.6) is 0 Å². The third kappa shape index (κ3) is 4.79. The van der Waals surface area contributed by atoms with Gasteiger partial charge in [-0.15, -0.1) is 0 Å². The number of nitrogens with two attached hydrogens (primary N) is 1. The summed E-state index contributed by atoms with van der Waals surface area (Å²) in [5.41, 5.74) is 6.66. The van der Waals surface area contributed by atoms with Gasteiger partial charge in [0.05, 0.1) is 28.6 Å². The van der Waals surface area contributed by atoms with Gasteiger partial charge >= 0.3 is 0 Å². The van der Waals surface area contributed by atoms with E-state index in [1.807, 2.05) is 25.1 Å². The molecule has 31 heavy (non-hydrogen) atoms. The van der Waals surface area contributed by atoms with Gasteiger partial charge in [-0.05, 0) is 55.0 Å². The second kappa shape index (κ2) is 8.65. The van der Waals surface area contributed by atoms with E-state index in [4.69, 9.17) is 5.73 Å². The second-order valence-electron chi connectivity index (χ2n) is 9.07. The van der Waals surface area contributed by atoms with Gasteiger partial charge in [-0.3, -0.25) is 9.78 Å². The molecule has 1 aliphatic carbocycles. The molecule has 0 spiro atoms. The summed E-state index contributed by atoms with van der Waals surface area (Å²) in [5, 5.41) is 16.1. The van der Waals surface area contributed by atoms with E-state index in [0.717, 1.165) is 12.1 Å². The molecule has 5 N–H and O–H groups in total. The van der Waals surface area contributed by atoms with Crippen molar-refractivity contribution in [3.63, 3.8) is 0 Å². The zero-order valence-electron chi connectivity index (χ0n) is 17.9. The monoisotopic (exact) mass is 426 g/mol. The topological polar surface area (TPSA) is 100 Å². The molecule has 2 aromatic rings. The van der Waals surface area contributed by atoms with E-state index in [0.29, 0.717) is 37.3 Å². The summed E-state index contributed by atoms with van der Waals surface area (Å²) in [6, 6.07) is 9.70. The Bertz CT molecular complexity index is 936.